The zero-order chi connectivity index (χ0) is 29.4. The average molecular weight is 577 g/mol. The molecule has 0 spiro atoms. The number of amides is 2. The molecule has 10 nitrogen and oxygen atoms in total. The van der Waals surface area contributed by atoms with Crippen LogP contribution in [0.5, 0.6) is 0 Å². The number of nitrogens with one attached hydrogen (secondary N) is 2. The quantitative estimate of drug-likeness (QED) is 0.187. The van der Waals surface area contributed by atoms with Crippen molar-refractivity contribution in [1.82, 2.24) is 20.3 Å². The van der Waals surface area contributed by atoms with E-state index in [0.717, 1.165) is 32.7 Å². The highest BCUT2D eigenvalue weighted by Gasteiger charge is 2.23. The number of aromatic nitrogens is 3. The molecule has 6 aromatic rings. The number of anilines is 2. The van der Waals surface area contributed by atoms with Gasteiger partial charge in [-0.1, -0.05) is 6.92 Å². The molecule has 6 rings (SSSR count). The Morgan fingerprint density at radius 2 is 1.79 bits per heavy atom. The number of carbonyl (C=O) groups is 3. The first-order valence-corrected chi connectivity index (χ1v) is 14.0. The van der Waals surface area contributed by atoms with Crippen molar-refractivity contribution in [3.63, 3.8) is 0 Å². The number of benzene rings is 2. The van der Waals surface area contributed by atoms with Crippen LogP contribution in [-0.2, 0) is 0 Å². The molecule has 0 bridgehead atoms. The molecule has 0 aliphatic carbocycles. The Balaban J connectivity index is 1.51. The maximum absolute atomic E-state index is 13.9. The van der Waals surface area contributed by atoms with Gasteiger partial charge in [-0.15, -0.1) is 11.3 Å². The fourth-order valence-electron chi connectivity index (χ4n) is 4.84. The Morgan fingerprint density at radius 1 is 0.929 bits per heavy atom. The van der Waals surface area contributed by atoms with Gasteiger partial charge >= 0.3 is 5.97 Å². The summed E-state index contributed by atoms with van der Waals surface area (Å²) in [5, 5.41) is 20.9. The van der Waals surface area contributed by atoms with E-state index in [1.165, 1.54) is 23.5 Å². The van der Waals surface area contributed by atoms with E-state index in [1.807, 2.05) is 18.4 Å². The number of nitrogens with zero attached hydrogens (tertiary/aromatic N) is 3. The van der Waals surface area contributed by atoms with Crippen LogP contribution in [0.3, 0.4) is 0 Å². The summed E-state index contributed by atoms with van der Waals surface area (Å²) in [6.07, 6.45) is 4.05. The standard InChI is InChI=1S/C31H24N6O4S/c1-2-9-34-30(39)24-6-5-20(26(37-24)31(40)41)21-14-25-23(27-17(15-35-25)8-11-42-27)13-22(21)29(38)36-18-3-4-19-16(12-18)7-10-33-28(19)32/h3-8,10-15H,2,9H2,1H3,(H2,32,33)(H,34,39)(H,36,38)(H,40,41). The fraction of sp³-hybridized carbons (Fsp3) is 0.0968. The minimum atomic E-state index is -1.33. The van der Waals surface area contributed by atoms with Gasteiger partial charge in [0.1, 0.15) is 11.5 Å². The summed E-state index contributed by atoms with van der Waals surface area (Å²) < 4.78 is 0.953. The van der Waals surface area contributed by atoms with Gasteiger partial charge in [-0.25, -0.2) is 14.8 Å². The van der Waals surface area contributed by atoms with Gasteiger partial charge in [0.2, 0.25) is 0 Å². The molecule has 0 unspecified atom stereocenters. The third kappa shape index (κ3) is 4.86. The van der Waals surface area contributed by atoms with Crippen molar-refractivity contribution in [2.24, 2.45) is 0 Å². The Kier molecular flexibility index (Phi) is 6.93. The van der Waals surface area contributed by atoms with E-state index in [-0.39, 0.29) is 22.5 Å². The smallest absolute Gasteiger partial charge is 0.355 e. The van der Waals surface area contributed by atoms with Gasteiger partial charge in [-0.05, 0) is 77.3 Å². The molecule has 5 N–H and O–H groups in total. The number of carboxylic acid groups (broad SMARTS) is 1. The zero-order valence-corrected chi connectivity index (χ0v) is 23.2. The number of carbonyl (C=O) groups excluding carboxylic acids is 2. The predicted molar refractivity (Wildman–Crippen MR) is 164 cm³/mol. The van der Waals surface area contributed by atoms with Crippen LogP contribution in [0.4, 0.5) is 11.5 Å². The Labute approximate surface area is 243 Å². The average Bonchev–Trinajstić information content (AvgIpc) is 3.48. The first kappa shape index (κ1) is 26.8. The van der Waals surface area contributed by atoms with Crippen LogP contribution in [0.1, 0.15) is 44.7 Å². The number of thiophene rings is 1. The monoisotopic (exact) mass is 576 g/mol. The molecule has 0 aliphatic rings. The summed E-state index contributed by atoms with van der Waals surface area (Å²) in [6, 6.07) is 15.4. The summed E-state index contributed by atoms with van der Waals surface area (Å²) in [7, 11) is 0. The van der Waals surface area contributed by atoms with Gasteiger partial charge in [0.25, 0.3) is 11.8 Å². The van der Waals surface area contributed by atoms with Crippen LogP contribution in [0.15, 0.2) is 72.4 Å². The fourth-order valence-corrected chi connectivity index (χ4v) is 5.74. The minimum Gasteiger partial charge on any atom is -0.476 e. The van der Waals surface area contributed by atoms with Crippen molar-refractivity contribution < 1.29 is 19.5 Å². The molecule has 0 aliphatic heterocycles. The van der Waals surface area contributed by atoms with Crippen molar-refractivity contribution in [3.8, 4) is 11.1 Å². The molecular weight excluding hydrogens is 552 g/mol. The molecule has 2 aromatic carbocycles. The molecule has 4 heterocycles. The van der Waals surface area contributed by atoms with Crippen molar-refractivity contribution in [1.29, 1.82) is 0 Å². The number of pyridine rings is 3. The van der Waals surface area contributed by atoms with Crippen LogP contribution >= 0.6 is 11.3 Å². The number of nitrogens with two attached hydrogens (primary N) is 1. The zero-order valence-electron chi connectivity index (χ0n) is 22.3. The van der Waals surface area contributed by atoms with Crippen molar-refractivity contribution in [2.75, 3.05) is 17.6 Å². The van der Waals surface area contributed by atoms with E-state index in [2.05, 4.69) is 25.6 Å². The number of nitrogen functional groups attached to an aromatic ring is 1. The molecule has 0 saturated carbocycles. The lowest BCUT2D eigenvalue weighted by Crippen LogP contribution is -2.25. The van der Waals surface area contributed by atoms with E-state index in [1.54, 1.807) is 48.8 Å². The van der Waals surface area contributed by atoms with Crippen LogP contribution in [-0.4, -0.2) is 44.4 Å². The molecule has 2 amide bonds. The molecule has 0 atom stereocenters. The topological polar surface area (TPSA) is 160 Å². The summed E-state index contributed by atoms with van der Waals surface area (Å²) in [6.45, 7) is 2.34. The van der Waals surface area contributed by atoms with Crippen molar-refractivity contribution >= 4 is 72.4 Å². The minimum absolute atomic E-state index is 0.0280. The summed E-state index contributed by atoms with van der Waals surface area (Å²) in [5.74, 6) is -1.88. The maximum Gasteiger partial charge on any atom is 0.355 e. The third-order valence-electron chi connectivity index (χ3n) is 6.87. The SMILES string of the molecule is CCCNC(=O)c1ccc(-c2cc3ncc4ccsc4c3cc2C(=O)Nc2ccc3c(N)nccc3c2)c(C(=O)O)n1. The molecule has 42 heavy (non-hydrogen) atoms. The number of rotatable bonds is 7. The second-order valence-corrected chi connectivity index (χ2v) is 10.5. The van der Waals surface area contributed by atoms with Crippen molar-refractivity contribution in [3.05, 3.63) is 89.3 Å². The van der Waals surface area contributed by atoms with E-state index >= 15 is 0 Å². The lowest BCUT2D eigenvalue weighted by atomic mass is 9.94. The molecule has 11 heteroatoms. The summed E-state index contributed by atoms with van der Waals surface area (Å²) in [5.41, 5.74) is 7.46. The highest BCUT2D eigenvalue weighted by Crippen LogP contribution is 2.35. The van der Waals surface area contributed by atoms with Crippen LogP contribution in [0.2, 0.25) is 0 Å². The Bertz CT molecular complexity index is 2060. The molecular formula is C31H24N6O4S. The summed E-state index contributed by atoms with van der Waals surface area (Å²) in [4.78, 5) is 51.7. The molecule has 4 aromatic heterocycles. The number of hydrogen-bond acceptors (Lipinski definition) is 8. The largest absolute Gasteiger partial charge is 0.476 e. The molecule has 0 saturated heterocycles. The van der Waals surface area contributed by atoms with E-state index in [9.17, 15) is 19.5 Å². The van der Waals surface area contributed by atoms with Gasteiger partial charge in [-0.3, -0.25) is 14.6 Å². The van der Waals surface area contributed by atoms with Gasteiger partial charge in [0.05, 0.1) is 5.52 Å². The normalized spacial score (nSPS) is 11.2. The van der Waals surface area contributed by atoms with Gasteiger partial charge in [0.15, 0.2) is 5.69 Å². The van der Waals surface area contributed by atoms with Gasteiger partial charge < -0.3 is 21.5 Å². The lowest BCUT2D eigenvalue weighted by molar-refractivity contribution is 0.0691. The molecule has 0 radical (unpaired) electrons. The van der Waals surface area contributed by atoms with Crippen LogP contribution in [0.25, 0.3) is 42.9 Å². The molecule has 208 valence electrons. The second-order valence-electron chi connectivity index (χ2n) is 9.62. The number of fused-ring (bicyclic) bond motifs is 4. The highest BCUT2D eigenvalue weighted by atomic mass is 32.1. The number of aromatic carboxylic acids is 1. The number of carboxylic acids is 1. The molecule has 0 fully saturated rings. The lowest BCUT2D eigenvalue weighted by Gasteiger charge is -2.15. The first-order valence-electron chi connectivity index (χ1n) is 13.1. The third-order valence-corrected chi connectivity index (χ3v) is 7.84. The Morgan fingerprint density at radius 3 is 2.60 bits per heavy atom. The highest BCUT2D eigenvalue weighted by molar-refractivity contribution is 7.18. The second kappa shape index (κ2) is 10.9. The predicted octanol–water partition coefficient (Wildman–Crippen LogP) is 5.73. The van der Waals surface area contributed by atoms with Gasteiger partial charge in [-0.2, -0.15) is 0 Å². The van der Waals surface area contributed by atoms with E-state index in [4.69, 9.17) is 5.73 Å². The van der Waals surface area contributed by atoms with Crippen LogP contribution in [0, 0.1) is 0 Å². The van der Waals surface area contributed by atoms with E-state index < -0.39 is 17.8 Å². The van der Waals surface area contributed by atoms with E-state index in [0.29, 0.717) is 29.1 Å². The van der Waals surface area contributed by atoms with Crippen molar-refractivity contribution in [2.45, 2.75) is 13.3 Å². The number of hydrogen-bond donors (Lipinski definition) is 4. The van der Waals surface area contributed by atoms with Gasteiger partial charge in [0, 0.05) is 56.6 Å². The first-order chi connectivity index (χ1) is 20.3. The maximum atomic E-state index is 13.9. The van der Waals surface area contributed by atoms with Crippen LogP contribution < -0.4 is 16.4 Å². The summed E-state index contributed by atoms with van der Waals surface area (Å²) >= 11 is 1.52. The Hall–Kier alpha value is -5.42.